The number of pyridine rings is 1. The molecule has 0 amide bonds. The van der Waals surface area contributed by atoms with E-state index in [-0.39, 0.29) is 22.2 Å². The number of para-hydroxylation sites is 1. The van der Waals surface area contributed by atoms with Gasteiger partial charge >= 0.3 is 0 Å². The highest BCUT2D eigenvalue weighted by atomic mass is 32.2. The fourth-order valence-corrected chi connectivity index (χ4v) is 5.88. The van der Waals surface area contributed by atoms with Crippen molar-refractivity contribution >= 4 is 26.6 Å². The van der Waals surface area contributed by atoms with E-state index in [4.69, 9.17) is 18.6 Å². The summed E-state index contributed by atoms with van der Waals surface area (Å²) in [4.78, 5) is 6.54. The summed E-state index contributed by atoms with van der Waals surface area (Å²) in [5.41, 5.74) is 2.91. The van der Waals surface area contributed by atoms with Crippen LogP contribution in [0.4, 0.5) is 5.69 Å². The first kappa shape index (κ1) is 26.7. The molecule has 1 fully saturated rings. The molecule has 0 bridgehead atoms. The zero-order valence-corrected chi connectivity index (χ0v) is 23.1. The lowest BCUT2D eigenvalue weighted by Crippen LogP contribution is -2.35. The van der Waals surface area contributed by atoms with Crippen LogP contribution >= 0.6 is 0 Å². The minimum Gasteiger partial charge on any atom is -0.495 e. The number of benzene rings is 2. The highest BCUT2D eigenvalue weighted by Gasteiger charge is 2.23. The van der Waals surface area contributed by atoms with Crippen molar-refractivity contribution in [2.24, 2.45) is 0 Å². The zero-order chi connectivity index (χ0) is 28.4. The van der Waals surface area contributed by atoms with Gasteiger partial charge in [0.15, 0.2) is 0 Å². The van der Waals surface area contributed by atoms with Crippen molar-refractivity contribution in [2.75, 3.05) is 45.2 Å². The third-order valence-electron chi connectivity index (χ3n) is 6.70. The molecule has 0 saturated carbocycles. The van der Waals surface area contributed by atoms with Crippen molar-refractivity contribution in [1.29, 1.82) is 0 Å². The average molecular weight is 578 g/mol. The molecule has 4 heterocycles. The average Bonchev–Trinajstić information content (AvgIpc) is 3.67. The normalized spacial score (nSPS) is 14.3. The fraction of sp³-hybridized carbons (Fsp3) is 0.259. The van der Waals surface area contributed by atoms with Gasteiger partial charge in [0, 0.05) is 30.2 Å². The summed E-state index contributed by atoms with van der Waals surface area (Å²) in [6, 6.07) is 11.8. The van der Waals surface area contributed by atoms with Crippen LogP contribution in [0.25, 0.3) is 33.5 Å². The van der Waals surface area contributed by atoms with Gasteiger partial charge in [-0.15, -0.1) is 10.2 Å². The number of ether oxygens (including phenoxy) is 3. The van der Waals surface area contributed by atoms with Crippen LogP contribution in [0.15, 0.2) is 64.2 Å². The predicted molar refractivity (Wildman–Crippen MR) is 149 cm³/mol. The van der Waals surface area contributed by atoms with Crippen LogP contribution in [0.5, 0.6) is 11.6 Å². The van der Waals surface area contributed by atoms with Crippen molar-refractivity contribution in [3.8, 4) is 34.2 Å². The standard InChI is InChI=1S/C27H27N7O6S/c1-37-23-5-3-4-6-24(23)41(35,36)33-22-13-18(14-28-27(22)38-2)17-11-19(20-15-29-30-21(20)12-17)26-32-31-25(40-26)16-34-7-9-39-10-8-34/h3-6,11-15,33H,7-10,16H2,1-2H3,(H,29,30). The van der Waals surface area contributed by atoms with Gasteiger partial charge in [-0.05, 0) is 35.9 Å². The third-order valence-corrected chi connectivity index (χ3v) is 8.10. The van der Waals surface area contributed by atoms with Crippen LogP contribution in [0.2, 0.25) is 0 Å². The molecule has 0 aliphatic carbocycles. The molecule has 13 nitrogen and oxygen atoms in total. The Morgan fingerprint density at radius 1 is 1.02 bits per heavy atom. The van der Waals surface area contributed by atoms with Crippen LogP contribution in [0, 0.1) is 0 Å². The summed E-state index contributed by atoms with van der Waals surface area (Å²) in [5, 5.41) is 16.5. The maximum Gasteiger partial charge on any atom is 0.265 e. The van der Waals surface area contributed by atoms with Gasteiger partial charge in [0.2, 0.25) is 17.7 Å². The van der Waals surface area contributed by atoms with Crippen LogP contribution in [0.3, 0.4) is 0 Å². The van der Waals surface area contributed by atoms with E-state index >= 15 is 0 Å². The zero-order valence-electron chi connectivity index (χ0n) is 22.3. The van der Waals surface area contributed by atoms with Crippen LogP contribution in [-0.2, 0) is 21.3 Å². The number of fused-ring (bicyclic) bond motifs is 1. The second-order valence-corrected chi connectivity index (χ2v) is 10.9. The van der Waals surface area contributed by atoms with Gasteiger partial charge in [0.05, 0.1) is 51.3 Å². The van der Waals surface area contributed by atoms with E-state index in [0.29, 0.717) is 42.7 Å². The summed E-state index contributed by atoms with van der Waals surface area (Å²) in [7, 11) is -1.20. The molecule has 2 aromatic carbocycles. The smallest absolute Gasteiger partial charge is 0.265 e. The van der Waals surface area contributed by atoms with Gasteiger partial charge in [0.25, 0.3) is 10.0 Å². The van der Waals surface area contributed by atoms with Crippen molar-refractivity contribution in [2.45, 2.75) is 11.4 Å². The Balaban J connectivity index is 1.36. The van der Waals surface area contributed by atoms with E-state index in [0.717, 1.165) is 29.6 Å². The maximum absolute atomic E-state index is 13.3. The van der Waals surface area contributed by atoms with Crippen molar-refractivity contribution < 1.29 is 27.0 Å². The molecule has 0 spiro atoms. The lowest BCUT2D eigenvalue weighted by Gasteiger charge is -2.24. The summed E-state index contributed by atoms with van der Waals surface area (Å²) < 4.78 is 51.3. The van der Waals surface area contributed by atoms with Crippen molar-refractivity contribution in [1.82, 2.24) is 30.3 Å². The molecule has 1 aliphatic heterocycles. The summed E-state index contributed by atoms with van der Waals surface area (Å²) in [5.74, 6) is 1.17. The van der Waals surface area contributed by atoms with Crippen LogP contribution in [0.1, 0.15) is 5.89 Å². The number of morpholine rings is 1. The largest absolute Gasteiger partial charge is 0.495 e. The Bertz CT molecular complexity index is 1800. The van der Waals surface area contributed by atoms with E-state index in [2.05, 4.69) is 35.0 Å². The molecule has 1 aliphatic rings. The van der Waals surface area contributed by atoms with E-state index < -0.39 is 10.0 Å². The van der Waals surface area contributed by atoms with Crippen LogP contribution in [-0.4, -0.2) is 79.2 Å². The quantitative estimate of drug-likeness (QED) is 0.265. The van der Waals surface area contributed by atoms with E-state index in [1.54, 1.807) is 36.7 Å². The van der Waals surface area contributed by atoms with E-state index in [1.807, 2.05) is 12.1 Å². The first-order valence-electron chi connectivity index (χ1n) is 12.8. The second-order valence-electron chi connectivity index (χ2n) is 9.28. The van der Waals surface area contributed by atoms with E-state index in [1.165, 1.54) is 20.3 Å². The van der Waals surface area contributed by atoms with Gasteiger partial charge in [-0.25, -0.2) is 13.4 Å². The van der Waals surface area contributed by atoms with Gasteiger partial charge in [-0.2, -0.15) is 5.10 Å². The molecular weight excluding hydrogens is 550 g/mol. The predicted octanol–water partition coefficient (Wildman–Crippen LogP) is 3.33. The molecular formula is C27H27N7O6S. The minimum atomic E-state index is -4.03. The molecule has 2 N–H and O–H groups in total. The molecule has 0 unspecified atom stereocenters. The van der Waals surface area contributed by atoms with Gasteiger partial charge < -0.3 is 18.6 Å². The topological polar surface area (TPSA) is 158 Å². The van der Waals surface area contributed by atoms with Gasteiger partial charge in [-0.3, -0.25) is 14.7 Å². The minimum absolute atomic E-state index is 0.0135. The molecule has 5 aromatic rings. The first-order chi connectivity index (χ1) is 19.9. The highest BCUT2D eigenvalue weighted by molar-refractivity contribution is 7.92. The molecule has 1 saturated heterocycles. The number of anilines is 1. The van der Waals surface area contributed by atoms with E-state index in [9.17, 15) is 8.42 Å². The van der Waals surface area contributed by atoms with Crippen LogP contribution < -0.4 is 14.2 Å². The second kappa shape index (κ2) is 11.2. The third kappa shape index (κ3) is 5.44. The number of nitrogens with zero attached hydrogens (tertiary/aromatic N) is 5. The number of hydrogen-bond acceptors (Lipinski definition) is 11. The van der Waals surface area contributed by atoms with Crippen molar-refractivity contribution in [3.05, 3.63) is 60.7 Å². The Morgan fingerprint density at radius 2 is 1.85 bits per heavy atom. The highest BCUT2D eigenvalue weighted by Crippen LogP contribution is 2.36. The first-order valence-corrected chi connectivity index (χ1v) is 14.2. The number of nitrogens with one attached hydrogen (secondary N) is 2. The lowest BCUT2D eigenvalue weighted by atomic mass is 10.0. The molecule has 212 valence electrons. The monoisotopic (exact) mass is 577 g/mol. The summed E-state index contributed by atoms with van der Waals surface area (Å²) >= 11 is 0. The number of rotatable bonds is 9. The Morgan fingerprint density at radius 3 is 2.66 bits per heavy atom. The summed E-state index contributed by atoms with van der Waals surface area (Å²) in [6.07, 6.45) is 3.29. The number of methoxy groups -OCH3 is 2. The molecule has 41 heavy (non-hydrogen) atoms. The molecule has 0 radical (unpaired) electrons. The molecule has 6 rings (SSSR count). The SMILES string of the molecule is COc1ccccc1S(=O)(=O)Nc1cc(-c2cc(-c3nnc(CN4CCOCC4)o3)c3cn[nH]c3c2)cnc1OC. The van der Waals surface area contributed by atoms with Crippen molar-refractivity contribution in [3.63, 3.8) is 0 Å². The Hall–Kier alpha value is -4.53. The fourth-order valence-electron chi connectivity index (χ4n) is 4.66. The lowest BCUT2D eigenvalue weighted by molar-refractivity contribution is 0.0306. The number of sulfonamides is 1. The molecule has 3 aromatic heterocycles. The number of hydrogen-bond donors (Lipinski definition) is 2. The van der Waals surface area contributed by atoms with Gasteiger partial charge in [-0.1, -0.05) is 12.1 Å². The molecule has 14 heteroatoms. The number of H-pyrrole nitrogens is 1. The Labute approximate surface area is 235 Å². The van der Waals surface area contributed by atoms with Gasteiger partial charge in [0.1, 0.15) is 16.3 Å². The molecule has 0 atom stereocenters. The summed E-state index contributed by atoms with van der Waals surface area (Å²) in [6.45, 7) is 3.47. The number of aromatic nitrogens is 5. The maximum atomic E-state index is 13.3. The number of aromatic amines is 1. The Kier molecular flexibility index (Phi) is 7.26.